The second-order valence-electron chi connectivity index (χ2n) is 14.5. The van der Waals surface area contributed by atoms with Crippen LogP contribution in [0.2, 0.25) is 0 Å². The molecule has 0 aliphatic rings. The van der Waals surface area contributed by atoms with Gasteiger partial charge in [0.15, 0.2) is 0 Å². The number of unbranched alkanes of at least 4 members (excludes halogenated alkanes) is 1. The van der Waals surface area contributed by atoms with Crippen LogP contribution >= 0.6 is 0 Å². The van der Waals surface area contributed by atoms with Gasteiger partial charge in [0.05, 0.1) is 11.4 Å². The quantitative estimate of drug-likeness (QED) is 0.0786. The minimum absolute atomic E-state index is 0.109. The number of nitrogens with zero attached hydrogens (tertiary/aromatic N) is 2. The molecule has 0 bridgehead atoms. The summed E-state index contributed by atoms with van der Waals surface area (Å²) in [4.78, 5) is 35.5. The molecular formula is C43H47F3N2O4. The maximum absolute atomic E-state index is 13.4. The van der Waals surface area contributed by atoms with Gasteiger partial charge in [-0.15, -0.1) is 0 Å². The molecule has 0 aliphatic carbocycles. The van der Waals surface area contributed by atoms with Gasteiger partial charge in [-0.2, -0.15) is 13.2 Å². The number of carbonyl (C=O) groups is 2. The lowest BCUT2D eigenvalue weighted by molar-refractivity contribution is -0.156. The highest BCUT2D eigenvalue weighted by molar-refractivity contribution is 6.14. The van der Waals surface area contributed by atoms with Crippen LogP contribution in [-0.4, -0.2) is 53.3 Å². The van der Waals surface area contributed by atoms with Gasteiger partial charge in [0.2, 0.25) is 0 Å². The van der Waals surface area contributed by atoms with E-state index in [4.69, 9.17) is 14.5 Å². The highest BCUT2D eigenvalue weighted by Crippen LogP contribution is 2.27. The number of rotatable bonds is 13. The van der Waals surface area contributed by atoms with Gasteiger partial charge in [0, 0.05) is 28.7 Å². The highest BCUT2D eigenvalue weighted by Gasteiger charge is 2.29. The largest absolute Gasteiger partial charge is 0.459 e. The average molecular weight is 713 g/mol. The van der Waals surface area contributed by atoms with Crippen LogP contribution in [0.1, 0.15) is 89.5 Å². The van der Waals surface area contributed by atoms with Crippen molar-refractivity contribution < 1.29 is 32.2 Å². The third kappa shape index (κ3) is 12.9. The Bertz CT molecular complexity index is 1840. The molecule has 1 atom stereocenters. The summed E-state index contributed by atoms with van der Waals surface area (Å²) in [5, 5.41) is 0. The minimum Gasteiger partial charge on any atom is -0.459 e. The molecule has 0 saturated carbocycles. The van der Waals surface area contributed by atoms with Gasteiger partial charge in [-0.25, -0.2) is 4.79 Å². The van der Waals surface area contributed by atoms with Crippen LogP contribution in [0.4, 0.5) is 13.2 Å². The van der Waals surface area contributed by atoms with Gasteiger partial charge in [-0.05, 0) is 71.6 Å². The van der Waals surface area contributed by atoms with E-state index in [1.807, 2.05) is 130 Å². The zero-order chi connectivity index (χ0) is 37.9. The van der Waals surface area contributed by atoms with Crippen molar-refractivity contribution in [2.45, 2.75) is 90.6 Å². The van der Waals surface area contributed by atoms with Crippen LogP contribution in [0.5, 0.6) is 0 Å². The second kappa shape index (κ2) is 17.4. The fourth-order valence-electron chi connectivity index (χ4n) is 5.46. The molecule has 0 spiro atoms. The minimum atomic E-state index is -4.27. The Morgan fingerprint density at radius 3 is 1.71 bits per heavy atom. The number of alkyl halides is 3. The summed E-state index contributed by atoms with van der Waals surface area (Å²) in [7, 11) is 0. The summed E-state index contributed by atoms with van der Waals surface area (Å²) in [6.45, 7) is 10.6. The first kappa shape index (κ1) is 39.7. The molecule has 4 rings (SSSR count). The number of hydrogen-bond donors (Lipinski definition) is 0. The van der Waals surface area contributed by atoms with Crippen LogP contribution in [-0.2, 0) is 19.1 Å². The Balaban J connectivity index is 1.69. The SMILES string of the molecule is CC(C)(C)OC(=O)CN=C(c1ccccc1)c1ccc(-c2cccc(C(=N[C@@H](CCCCC(F)(F)F)C(=O)OC(C)(C)C)c3ccccc3)c2)cc1. The standard InChI is InChI=1S/C43H47F3N2O4/c1-41(2,3)51-37(49)29-47-38(31-16-9-7-10-17-31)33-25-23-30(24-26-33)34-20-15-21-35(28-34)39(32-18-11-8-12-19-32)48-36(40(50)52-42(4,5)6)22-13-14-27-43(44,45)46/h7-12,15-21,23-26,28,36H,13-14,22,27,29H2,1-6H3/t36-/m0/s1. The molecule has 0 heterocycles. The molecule has 52 heavy (non-hydrogen) atoms. The van der Waals surface area contributed by atoms with E-state index in [0.717, 1.165) is 33.4 Å². The highest BCUT2D eigenvalue weighted by atomic mass is 19.4. The van der Waals surface area contributed by atoms with Crippen molar-refractivity contribution >= 4 is 23.4 Å². The van der Waals surface area contributed by atoms with E-state index in [1.165, 1.54) is 0 Å². The Kier molecular flexibility index (Phi) is 13.3. The summed E-state index contributed by atoms with van der Waals surface area (Å²) < 4.78 is 49.9. The zero-order valence-electron chi connectivity index (χ0n) is 30.7. The molecule has 0 saturated heterocycles. The molecule has 0 radical (unpaired) electrons. The van der Waals surface area contributed by atoms with Crippen molar-refractivity contribution in [3.8, 4) is 11.1 Å². The Labute approximate surface area is 304 Å². The fourth-order valence-corrected chi connectivity index (χ4v) is 5.46. The number of esters is 2. The maximum atomic E-state index is 13.4. The molecule has 0 aliphatic heterocycles. The molecule has 274 valence electrons. The third-order valence-electron chi connectivity index (χ3n) is 7.66. The molecule has 4 aromatic carbocycles. The van der Waals surface area contributed by atoms with Crippen LogP contribution in [0.3, 0.4) is 0 Å². The van der Waals surface area contributed by atoms with E-state index < -0.39 is 41.8 Å². The van der Waals surface area contributed by atoms with E-state index >= 15 is 0 Å². The Morgan fingerprint density at radius 1 is 0.615 bits per heavy atom. The Morgan fingerprint density at radius 2 is 1.15 bits per heavy atom. The zero-order valence-corrected chi connectivity index (χ0v) is 30.7. The van der Waals surface area contributed by atoms with Gasteiger partial charge >= 0.3 is 18.1 Å². The van der Waals surface area contributed by atoms with Crippen molar-refractivity contribution in [2.75, 3.05) is 6.54 Å². The first-order valence-electron chi connectivity index (χ1n) is 17.4. The van der Waals surface area contributed by atoms with Gasteiger partial charge in [-0.1, -0.05) is 110 Å². The molecule has 0 unspecified atom stereocenters. The number of halogens is 3. The smallest absolute Gasteiger partial charge is 0.389 e. The van der Waals surface area contributed by atoms with E-state index in [9.17, 15) is 22.8 Å². The normalized spacial score (nSPS) is 13.4. The monoisotopic (exact) mass is 712 g/mol. The second-order valence-corrected chi connectivity index (χ2v) is 14.5. The molecule has 0 amide bonds. The number of aliphatic imine (C=N–C) groups is 2. The van der Waals surface area contributed by atoms with E-state index in [1.54, 1.807) is 20.8 Å². The predicted molar refractivity (Wildman–Crippen MR) is 201 cm³/mol. The van der Waals surface area contributed by atoms with E-state index in [0.29, 0.717) is 11.4 Å². The summed E-state index contributed by atoms with van der Waals surface area (Å²) in [5.74, 6) is -0.997. The van der Waals surface area contributed by atoms with Crippen LogP contribution in [0.15, 0.2) is 119 Å². The first-order valence-corrected chi connectivity index (χ1v) is 17.4. The maximum Gasteiger partial charge on any atom is 0.389 e. The van der Waals surface area contributed by atoms with Crippen molar-refractivity contribution in [3.05, 3.63) is 131 Å². The van der Waals surface area contributed by atoms with Crippen LogP contribution < -0.4 is 0 Å². The molecule has 6 nitrogen and oxygen atoms in total. The third-order valence-corrected chi connectivity index (χ3v) is 7.66. The topological polar surface area (TPSA) is 77.3 Å². The molecular weight excluding hydrogens is 665 g/mol. The van der Waals surface area contributed by atoms with Gasteiger partial charge < -0.3 is 9.47 Å². The first-order chi connectivity index (χ1) is 24.5. The lowest BCUT2D eigenvalue weighted by Crippen LogP contribution is -2.32. The molecule has 4 aromatic rings. The fraction of sp³-hybridized carbons (Fsp3) is 0.349. The lowest BCUT2D eigenvalue weighted by atomic mass is 9.95. The summed E-state index contributed by atoms with van der Waals surface area (Å²) in [5.41, 5.74) is 4.76. The van der Waals surface area contributed by atoms with Crippen molar-refractivity contribution in [1.82, 2.24) is 0 Å². The van der Waals surface area contributed by atoms with E-state index in [2.05, 4.69) is 4.99 Å². The van der Waals surface area contributed by atoms with Gasteiger partial charge in [0.1, 0.15) is 23.8 Å². The molecule has 0 aromatic heterocycles. The molecule has 0 N–H and O–H groups in total. The van der Waals surface area contributed by atoms with Crippen LogP contribution in [0, 0.1) is 0 Å². The Hall–Kier alpha value is -5.05. The van der Waals surface area contributed by atoms with Crippen molar-refractivity contribution in [1.29, 1.82) is 0 Å². The number of hydrogen-bond acceptors (Lipinski definition) is 6. The predicted octanol–water partition coefficient (Wildman–Crippen LogP) is 10.2. The van der Waals surface area contributed by atoms with Crippen molar-refractivity contribution in [2.24, 2.45) is 9.98 Å². The number of benzene rings is 4. The molecule has 9 heteroatoms. The summed E-state index contributed by atoms with van der Waals surface area (Å²) in [6.07, 6.45) is -5.03. The number of ether oxygens (including phenoxy) is 2. The summed E-state index contributed by atoms with van der Waals surface area (Å²) >= 11 is 0. The van der Waals surface area contributed by atoms with Gasteiger partial charge in [0.25, 0.3) is 0 Å². The number of carbonyl (C=O) groups excluding carboxylic acids is 2. The average Bonchev–Trinajstić information content (AvgIpc) is 3.07. The van der Waals surface area contributed by atoms with Crippen LogP contribution in [0.25, 0.3) is 11.1 Å². The van der Waals surface area contributed by atoms with E-state index in [-0.39, 0.29) is 25.8 Å². The summed E-state index contributed by atoms with van der Waals surface area (Å²) in [6, 6.07) is 33.6. The lowest BCUT2D eigenvalue weighted by Gasteiger charge is -2.23. The van der Waals surface area contributed by atoms with Gasteiger partial charge in [-0.3, -0.25) is 14.8 Å². The molecule has 0 fully saturated rings. The van der Waals surface area contributed by atoms with Crippen molar-refractivity contribution in [3.63, 3.8) is 0 Å².